The van der Waals surface area contributed by atoms with Gasteiger partial charge in [0.05, 0.1) is 25.1 Å². The van der Waals surface area contributed by atoms with Gasteiger partial charge >= 0.3 is 0 Å². The van der Waals surface area contributed by atoms with Crippen molar-refractivity contribution >= 4 is 0 Å². The van der Waals surface area contributed by atoms with Gasteiger partial charge in [-0.05, 0) is 55.6 Å². The largest absolute Gasteiger partial charge is 0.320 e. The fraction of sp³-hybridized carbons (Fsp3) is 0.500. The normalized spacial score (nSPS) is 32.7. The second kappa shape index (κ2) is 8.20. The summed E-state index contributed by atoms with van der Waals surface area (Å²) in [5, 5.41) is 10.6. The zero-order valence-corrected chi connectivity index (χ0v) is 19.5. The summed E-state index contributed by atoms with van der Waals surface area (Å²) >= 11 is 0. The van der Waals surface area contributed by atoms with Gasteiger partial charge in [0, 0.05) is 12.8 Å². The minimum atomic E-state index is -0.555. The van der Waals surface area contributed by atoms with Crippen molar-refractivity contribution in [2.24, 2.45) is 11.3 Å². The summed E-state index contributed by atoms with van der Waals surface area (Å²) in [5.74, 6) is 0.621. The number of likely N-dealkylation sites (tertiary alicyclic amines) is 1. The van der Waals surface area contributed by atoms with Gasteiger partial charge in [0.25, 0.3) is 0 Å². The van der Waals surface area contributed by atoms with E-state index in [0.29, 0.717) is 11.3 Å². The summed E-state index contributed by atoms with van der Waals surface area (Å²) in [4.78, 5) is 0. The van der Waals surface area contributed by atoms with Crippen LogP contribution in [-0.2, 0) is 5.41 Å². The summed E-state index contributed by atoms with van der Waals surface area (Å²) in [5.41, 5.74) is 2.32. The first kappa shape index (κ1) is 21.5. The van der Waals surface area contributed by atoms with E-state index in [4.69, 9.17) is 0 Å². The predicted octanol–water partition coefficient (Wildman–Crippen LogP) is 6.63. The van der Waals surface area contributed by atoms with Crippen molar-refractivity contribution in [3.05, 3.63) is 84.4 Å². The molecule has 1 aliphatic heterocycles. The molecule has 0 aromatic heterocycles. The van der Waals surface area contributed by atoms with Crippen LogP contribution in [0.25, 0.3) is 0 Å². The Kier molecular flexibility index (Phi) is 5.50. The predicted molar refractivity (Wildman–Crippen MR) is 131 cm³/mol. The summed E-state index contributed by atoms with van der Waals surface area (Å²) in [6.45, 7) is 5.21. The molecule has 1 heterocycles. The van der Waals surface area contributed by atoms with E-state index in [1.165, 1.54) is 49.6 Å². The molecule has 0 amide bonds. The highest BCUT2D eigenvalue weighted by atomic mass is 15.5. The molecule has 3 unspecified atom stereocenters. The third kappa shape index (κ3) is 3.09. The van der Waals surface area contributed by atoms with Crippen molar-refractivity contribution in [2.45, 2.75) is 68.9 Å². The Balaban J connectivity index is 1.40. The van der Waals surface area contributed by atoms with Crippen LogP contribution in [0.4, 0.5) is 0 Å². The van der Waals surface area contributed by atoms with Gasteiger partial charge in [0.1, 0.15) is 17.5 Å². The number of unbranched alkanes of at least 4 members (excludes halogenated alkanes) is 2. The molecule has 3 fully saturated rings. The van der Waals surface area contributed by atoms with Crippen LogP contribution >= 0.6 is 0 Å². The van der Waals surface area contributed by atoms with Crippen molar-refractivity contribution in [3.8, 4) is 6.07 Å². The maximum absolute atomic E-state index is 10.6. The van der Waals surface area contributed by atoms with Gasteiger partial charge < -0.3 is 4.48 Å². The second-order valence-corrected chi connectivity index (χ2v) is 10.9. The van der Waals surface area contributed by atoms with Crippen LogP contribution in [0.15, 0.2) is 73.3 Å². The first-order chi connectivity index (χ1) is 15.6. The van der Waals surface area contributed by atoms with Crippen molar-refractivity contribution in [1.29, 1.82) is 5.26 Å². The van der Waals surface area contributed by atoms with Crippen LogP contribution in [0.1, 0.15) is 62.5 Å². The van der Waals surface area contributed by atoms with E-state index in [2.05, 4.69) is 86.4 Å². The Hall–Kier alpha value is -2.37. The van der Waals surface area contributed by atoms with Crippen LogP contribution in [0.3, 0.4) is 0 Å². The molecule has 0 radical (unpaired) electrons. The molecule has 2 aromatic carbocycles. The molecule has 1 spiro atoms. The Morgan fingerprint density at radius 3 is 2.25 bits per heavy atom. The van der Waals surface area contributed by atoms with Crippen molar-refractivity contribution in [3.63, 3.8) is 0 Å². The van der Waals surface area contributed by atoms with Gasteiger partial charge in [-0.3, -0.25) is 0 Å². The average molecular weight is 426 g/mol. The third-order valence-corrected chi connectivity index (χ3v) is 9.48. The maximum Gasteiger partial charge on any atom is 0.107 e. The van der Waals surface area contributed by atoms with Crippen LogP contribution in [-0.4, -0.2) is 30.2 Å². The van der Waals surface area contributed by atoms with E-state index in [9.17, 15) is 5.26 Å². The number of rotatable bonds is 9. The Labute approximate surface area is 194 Å². The summed E-state index contributed by atoms with van der Waals surface area (Å²) in [7, 11) is 2.54. The van der Waals surface area contributed by atoms with Crippen LogP contribution in [0.5, 0.6) is 0 Å². The molecule has 3 aliphatic rings. The molecule has 166 valence electrons. The van der Waals surface area contributed by atoms with Gasteiger partial charge in [-0.1, -0.05) is 66.7 Å². The van der Waals surface area contributed by atoms with Gasteiger partial charge in [-0.25, -0.2) is 0 Å². The van der Waals surface area contributed by atoms with Crippen LogP contribution in [0, 0.1) is 22.7 Å². The Bertz CT molecular complexity index is 951. The molecule has 0 bridgehead atoms. The number of hydrogen-bond acceptors (Lipinski definition) is 1. The second-order valence-electron chi connectivity index (χ2n) is 10.9. The average Bonchev–Trinajstić information content (AvgIpc) is 3.21. The first-order valence-corrected chi connectivity index (χ1v) is 12.6. The molecule has 1 saturated heterocycles. The van der Waals surface area contributed by atoms with Crippen LogP contribution < -0.4 is 0 Å². The quantitative estimate of drug-likeness (QED) is 0.251. The van der Waals surface area contributed by atoms with Gasteiger partial charge in [-0.15, -0.1) is 6.58 Å². The highest BCUT2D eigenvalue weighted by Crippen LogP contribution is 2.70. The minimum Gasteiger partial charge on any atom is -0.320 e. The molecule has 2 saturated carbocycles. The molecule has 2 heteroatoms. The fourth-order valence-electron chi connectivity index (χ4n) is 8.09. The molecular formula is C30H37N2+. The minimum absolute atomic E-state index is 0.555. The Morgan fingerprint density at radius 2 is 1.72 bits per heavy atom. The zero-order valence-electron chi connectivity index (χ0n) is 19.5. The molecular weight excluding hydrogens is 388 g/mol. The number of benzene rings is 2. The lowest BCUT2D eigenvalue weighted by Crippen LogP contribution is -2.83. The molecule has 32 heavy (non-hydrogen) atoms. The standard InChI is InChI=1S/C30H37N2/c1-3-4-5-12-19-32(2)27-17-18-29(27)21-24(20-28(29)32)22-30(23-31,25-13-8-6-9-14-25)26-15-10-7-11-16-26/h3,6-11,13-16,24,27-28H,1,4-5,12,17-22H2,2H3/q+1/t24?,27-,28-,29?,32?/m0/s1. The van der Waals surface area contributed by atoms with Crippen molar-refractivity contribution < 1.29 is 4.48 Å². The molecule has 0 N–H and O–H groups in total. The first-order valence-electron chi connectivity index (χ1n) is 12.6. The Morgan fingerprint density at radius 1 is 1.06 bits per heavy atom. The third-order valence-electron chi connectivity index (χ3n) is 9.48. The van der Waals surface area contributed by atoms with Gasteiger partial charge in [-0.2, -0.15) is 5.26 Å². The summed E-state index contributed by atoms with van der Waals surface area (Å²) in [6.07, 6.45) is 12.2. The summed E-state index contributed by atoms with van der Waals surface area (Å²) < 4.78 is 1.30. The van der Waals surface area contributed by atoms with E-state index in [1.807, 2.05) is 0 Å². The molecule has 2 nitrogen and oxygen atoms in total. The van der Waals surface area contributed by atoms with E-state index in [-0.39, 0.29) is 0 Å². The molecule has 2 aliphatic carbocycles. The van der Waals surface area contributed by atoms with E-state index >= 15 is 0 Å². The van der Waals surface area contributed by atoms with Gasteiger partial charge in [0.15, 0.2) is 0 Å². The van der Waals surface area contributed by atoms with Gasteiger partial charge in [0.2, 0.25) is 0 Å². The highest BCUT2D eigenvalue weighted by molar-refractivity contribution is 5.46. The monoisotopic (exact) mass is 425 g/mol. The fourth-order valence-corrected chi connectivity index (χ4v) is 8.09. The maximum atomic E-state index is 10.6. The number of nitriles is 1. The van der Waals surface area contributed by atoms with E-state index in [0.717, 1.165) is 36.1 Å². The lowest BCUT2D eigenvalue weighted by Gasteiger charge is -2.71. The topological polar surface area (TPSA) is 23.8 Å². The van der Waals surface area contributed by atoms with Crippen molar-refractivity contribution in [1.82, 2.24) is 0 Å². The summed E-state index contributed by atoms with van der Waals surface area (Å²) in [6, 6.07) is 25.6. The lowest BCUT2D eigenvalue weighted by atomic mass is 9.51. The molecule has 2 aromatic rings. The number of piperidine rings is 1. The smallest absolute Gasteiger partial charge is 0.107 e. The number of allylic oxidation sites excluding steroid dienone is 1. The highest BCUT2D eigenvalue weighted by Gasteiger charge is 2.77. The molecule has 5 atom stereocenters. The van der Waals surface area contributed by atoms with E-state index in [1.54, 1.807) is 0 Å². The number of quaternary nitrogens is 1. The zero-order chi connectivity index (χ0) is 22.2. The lowest BCUT2D eigenvalue weighted by molar-refractivity contribution is -1.03. The SMILES string of the molecule is C=CCCCC[N+]1(C)[C@H]2CCC23CC(CC(C#N)(c2ccccc2)c2ccccc2)C[C@@H]31. The van der Waals surface area contributed by atoms with Crippen LogP contribution in [0.2, 0.25) is 0 Å². The number of hydrogen-bond donors (Lipinski definition) is 0. The van der Waals surface area contributed by atoms with E-state index < -0.39 is 5.41 Å². The number of nitrogens with zero attached hydrogens (tertiary/aromatic N) is 2. The molecule has 5 rings (SSSR count). The van der Waals surface area contributed by atoms with Crippen molar-refractivity contribution in [2.75, 3.05) is 13.6 Å².